The number of hydrogen-bond acceptors (Lipinski definition) is 6. The van der Waals surface area contributed by atoms with Crippen LogP contribution in [0.1, 0.15) is 43.5 Å². The quantitative estimate of drug-likeness (QED) is 0.196. The Bertz CT molecular complexity index is 1850. The predicted octanol–water partition coefficient (Wildman–Crippen LogP) is 6.07. The number of carbonyl (C=O) groups excluding carboxylic acids is 1. The third kappa shape index (κ3) is 5.20. The molecule has 222 valence electrons. The molecule has 11 heteroatoms. The van der Waals surface area contributed by atoms with Crippen molar-refractivity contribution in [2.75, 3.05) is 24.5 Å². The summed E-state index contributed by atoms with van der Waals surface area (Å²) >= 11 is 6.81. The Balaban J connectivity index is 1.87. The number of anilines is 1. The van der Waals surface area contributed by atoms with Crippen molar-refractivity contribution in [1.29, 1.82) is 0 Å². The molecule has 3 aromatic heterocycles. The molecule has 5 rings (SSSR count). The summed E-state index contributed by atoms with van der Waals surface area (Å²) in [4.78, 5) is 43.5. The van der Waals surface area contributed by atoms with Crippen LogP contribution >= 0.6 is 11.6 Å². The van der Waals surface area contributed by atoms with Crippen molar-refractivity contribution < 1.29 is 13.6 Å². The molecular formula is C32H31ClF2N6O2. The minimum absolute atomic E-state index is 0.0926. The number of halogens is 3. The number of carbonyl (C=O) groups is 1. The topological polar surface area (TPSA) is 84.2 Å². The summed E-state index contributed by atoms with van der Waals surface area (Å²) in [5.41, 5.74) is 0.948. The average molecular weight is 607 g/mol. The fraction of sp³-hybridized carbons (Fsp3) is 0.281. The van der Waals surface area contributed by atoms with E-state index in [9.17, 15) is 9.59 Å². The molecule has 1 atom stereocenters. The smallest absolute Gasteiger partial charge is 0.350 e. The first-order valence-corrected chi connectivity index (χ1v) is 14.2. The molecule has 0 radical (unpaired) electrons. The van der Waals surface area contributed by atoms with Gasteiger partial charge in [0, 0.05) is 36.8 Å². The molecule has 0 saturated carbocycles. The summed E-state index contributed by atoms with van der Waals surface area (Å²) in [5.74, 6) is -1.24. The van der Waals surface area contributed by atoms with Gasteiger partial charge in [-0.1, -0.05) is 56.8 Å². The second-order valence-electron chi connectivity index (χ2n) is 10.8. The van der Waals surface area contributed by atoms with Gasteiger partial charge in [-0.25, -0.2) is 23.1 Å². The lowest BCUT2D eigenvalue weighted by Gasteiger charge is -2.40. The maximum absolute atomic E-state index is 15.3. The molecule has 0 aliphatic carbocycles. The molecule has 43 heavy (non-hydrogen) atoms. The first-order chi connectivity index (χ1) is 20.5. The first-order valence-electron chi connectivity index (χ1n) is 13.9. The van der Waals surface area contributed by atoms with Crippen LogP contribution in [-0.4, -0.2) is 56.0 Å². The molecule has 1 aromatic carbocycles. The Morgan fingerprint density at radius 3 is 2.58 bits per heavy atom. The summed E-state index contributed by atoms with van der Waals surface area (Å²) in [6, 6.07) is 5.89. The van der Waals surface area contributed by atoms with Gasteiger partial charge < -0.3 is 9.80 Å². The van der Waals surface area contributed by atoms with E-state index < -0.39 is 17.3 Å². The average Bonchev–Trinajstić information content (AvgIpc) is 2.98. The van der Waals surface area contributed by atoms with Crippen molar-refractivity contribution in [2.24, 2.45) is 0 Å². The van der Waals surface area contributed by atoms with Gasteiger partial charge in [0.15, 0.2) is 5.65 Å². The van der Waals surface area contributed by atoms with E-state index in [0.29, 0.717) is 42.1 Å². The molecule has 0 spiro atoms. The van der Waals surface area contributed by atoms with Gasteiger partial charge in [0.2, 0.25) is 5.91 Å². The zero-order valence-electron chi connectivity index (χ0n) is 24.4. The van der Waals surface area contributed by atoms with E-state index in [1.165, 1.54) is 22.8 Å². The number of fused-ring (bicyclic) bond motifs is 1. The number of nitrogens with zero attached hydrogens (tertiary/aromatic N) is 6. The molecule has 0 bridgehead atoms. The van der Waals surface area contributed by atoms with Crippen molar-refractivity contribution >= 4 is 40.4 Å². The highest BCUT2D eigenvalue weighted by molar-refractivity contribution is 6.34. The molecule has 1 saturated heterocycles. The van der Waals surface area contributed by atoms with Crippen LogP contribution in [0.25, 0.3) is 34.1 Å². The van der Waals surface area contributed by atoms with Gasteiger partial charge in [-0.3, -0.25) is 9.78 Å². The van der Waals surface area contributed by atoms with E-state index in [2.05, 4.69) is 23.1 Å². The summed E-state index contributed by atoms with van der Waals surface area (Å²) in [6.45, 7) is 15.7. The third-order valence-corrected chi connectivity index (χ3v) is 8.02. The summed E-state index contributed by atoms with van der Waals surface area (Å²) in [5, 5.41) is 0.527. The van der Waals surface area contributed by atoms with Crippen LogP contribution in [0.5, 0.6) is 0 Å². The van der Waals surface area contributed by atoms with E-state index in [1.807, 2.05) is 25.7 Å². The Kier molecular flexibility index (Phi) is 8.16. The summed E-state index contributed by atoms with van der Waals surface area (Å²) in [6.07, 6.45) is 3.89. The Morgan fingerprint density at radius 2 is 1.93 bits per heavy atom. The molecule has 1 amide bonds. The van der Waals surface area contributed by atoms with Crippen molar-refractivity contribution in [1.82, 2.24) is 24.4 Å². The van der Waals surface area contributed by atoms with Crippen LogP contribution in [0.4, 0.5) is 14.6 Å². The zero-order chi connectivity index (χ0) is 31.2. The monoisotopic (exact) mass is 606 g/mol. The number of hydrogen-bond donors (Lipinski definition) is 0. The number of rotatable bonds is 6. The zero-order valence-corrected chi connectivity index (χ0v) is 25.1. The van der Waals surface area contributed by atoms with E-state index in [-0.39, 0.29) is 51.0 Å². The molecule has 4 heterocycles. The molecule has 0 N–H and O–H groups in total. The summed E-state index contributed by atoms with van der Waals surface area (Å²) < 4.78 is 31.5. The normalized spacial score (nSPS) is 15.3. The maximum Gasteiger partial charge on any atom is 0.355 e. The van der Waals surface area contributed by atoms with Gasteiger partial charge in [-0.05, 0) is 43.5 Å². The number of pyridine rings is 2. The Morgan fingerprint density at radius 1 is 1.19 bits per heavy atom. The largest absolute Gasteiger partial charge is 0.355 e. The fourth-order valence-electron chi connectivity index (χ4n) is 5.56. The number of aromatic nitrogens is 4. The van der Waals surface area contributed by atoms with E-state index in [4.69, 9.17) is 16.6 Å². The highest BCUT2D eigenvalue weighted by Crippen LogP contribution is 2.38. The molecule has 1 fully saturated rings. The van der Waals surface area contributed by atoms with Gasteiger partial charge in [0.1, 0.15) is 17.5 Å². The number of benzene rings is 1. The van der Waals surface area contributed by atoms with Crippen LogP contribution in [-0.2, 0) is 4.79 Å². The van der Waals surface area contributed by atoms with Crippen molar-refractivity contribution in [3.8, 4) is 16.9 Å². The van der Waals surface area contributed by atoms with Crippen LogP contribution in [0, 0.1) is 18.6 Å². The maximum atomic E-state index is 15.3. The number of piperazine rings is 1. The molecule has 8 nitrogen and oxygen atoms in total. The van der Waals surface area contributed by atoms with E-state index in [1.54, 1.807) is 30.0 Å². The van der Waals surface area contributed by atoms with Crippen molar-refractivity contribution in [2.45, 2.75) is 39.7 Å². The second-order valence-corrected chi connectivity index (χ2v) is 11.2. The van der Waals surface area contributed by atoms with Crippen LogP contribution < -0.4 is 10.6 Å². The highest BCUT2D eigenvalue weighted by Gasteiger charge is 2.31. The Hall–Kier alpha value is -4.44. The van der Waals surface area contributed by atoms with Gasteiger partial charge in [0.05, 0.1) is 33.7 Å². The lowest BCUT2D eigenvalue weighted by atomic mass is 10.0. The lowest BCUT2D eigenvalue weighted by molar-refractivity contribution is -0.126. The SMILES string of the molecule is C=CC(=[18O])N1CCN(c2nc(=O)n(-c3c(C(C)C)ncc(F)c3C)c3nc(-c4c(F)cccc4C=C)c(Cl)cc23)[C@@H](C)C1. The third-order valence-electron chi connectivity index (χ3n) is 7.73. The standard InChI is InChI=1S/C32H31ClF2N6O2/c1-7-20-10-9-11-23(34)26(20)28-22(33)14-21-30(40-13-12-39(16-18(40)5)25(42)8-2)38-32(43)41(31(21)37-28)29-19(6)24(35)15-36-27(29)17(3)4/h7-11,14-15,17-18H,1-2,12-13,16H2,3-6H3/t18-/m0/s1/i42+2. The molecule has 1 aliphatic heterocycles. The fourth-order valence-corrected chi connectivity index (χ4v) is 5.80. The van der Waals surface area contributed by atoms with Gasteiger partial charge >= 0.3 is 5.69 Å². The molecule has 0 unspecified atom stereocenters. The van der Waals surface area contributed by atoms with Crippen molar-refractivity contribution in [3.63, 3.8) is 0 Å². The Labute approximate surface area is 253 Å². The number of amides is 1. The van der Waals surface area contributed by atoms with Crippen molar-refractivity contribution in [3.05, 3.63) is 93.7 Å². The van der Waals surface area contributed by atoms with E-state index in [0.717, 1.165) is 6.20 Å². The van der Waals surface area contributed by atoms with E-state index >= 15 is 8.78 Å². The first kappa shape index (κ1) is 30.0. The second kappa shape index (κ2) is 11.7. The molecule has 4 aromatic rings. The minimum atomic E-state index is -0.713. The predicted molar refractivity (Wildman–Crippen MR) is 166 cm³/mol. The van der Waals surface area contributed by atoms with Gasteiger partial charge in [0.25, 0.3) is 0 Å². The minimum Gasteiger partial charge on any atom is -0.350 e. The highest BCUT2D eigenvalue weighted by atomic mass is 35.5. The van der Waals surface area contributed by atoms with Gasteiger partial charge in [-0.15, -0.1) is 0 Å². The van der Waals surface area contributed by atoms with Crippen LogP contribution in [0.3, 0.4) is 0 Å². The van der Waals surface area contributed by atoms with Gasteiger partial charge in [-0.2, -0.15) is 4.98 Å². The van der Waals surface area contributed by atoms with Crippen LogP contribution in [0.2, 0.25) is 5.02 Å². The van der Waals surface area contributed by atoms with Crippen LogP contribution in [0.15, 0.2) is 54.5 Å². The molecular weight excluding hydrogens is 576 g/mol. The lowest BCUT2D eigenvalue weighted by Crippen LogP contribution is -2.54. The molecule has 1 aliphatic rings. The summed E-state index contributed by atoms with van der Waals surface area (Å²) in [7, 11) is 0.